The maximum Gasteiger partial charge on any atom is 0.155 e. The highest BCUT2D eigenvalue weighted by atomic mass is 35.5. The van der Waals surface area contributed by atoms with E-state index in [1.165, 1.54) is 0 Å². The van der Waals surface area contributed by atoms with Crippen LogP contribution in [0.15, 0.2) is 30.3 Å². The first-order chi connectivity index (χ1) is 24.7. The Bertz CT molecular complexity index is 1560. The van der Waals surface area contributed by atoms with Crippen molar-refractivity contribution in [2.24, 2.45) is 0 Å². The molecule has 0 bridgehead atoms. The summed E-state index contributed by atoms with van der Waals surface area (Å²) in [5, 5.41) is 17.1. The third kappa shape index (κ3) is 18.1. The van der Waals surface area contributed by atoms with Crippen LogP contribution >= 0.6 is 34.8 Å². The summed E-state index contributed by atoms with van der Waals surface area (Å²) < 4.78 is 33.4. The number of halogens is 3. The fourth-order valence-corrected chi connectivity index (χ4v) is 7.26. The molecule has 10 nitrogen and oxygen atoms in total. The molecule has 3 aromatic rings. The van der Waals surface area contributed by atoms with Crippen LogP contribution in [0.2, 0.25) is 66.8 Å². The molecule has 0 unspecified atom stereocenters. The number of hydrogen-bond acceptors (Lipinski definition) is 10. The summed E-state index contributed by atoms with van der Waals surface area (Å²) in [6.45, 7) is 25.2. The van der Waals surface area contributed by atoms with Crippen LogP contribution in [0, 0.1) is 0 Å². The molecule has 0 saturated carbocycles. The van der Waals surface area contributed by atoms with Crippen molar-refractivity contribution in [2.75, 3.05) is 54.2 Å². The molecule has 15 heteroatoms. The summed E-state index contributed by atoms with van der Waals surface area (Å²) in [5.41, 5.74) is 3.09. The SMILES string of the molecule is CC(C)(COCOCC[Si](C)(C)C)c1cc(Cl)nnc1Cl.COc1ccc(CCc2cc(C(C)(C)COCOCC[Si](C)(C)C)c(Cl)nn2)c(OC)c1. The second kappa shape index (κ2) is 22.0. The first kappa shape index (κ1) is 47.3. The number of rotatable bonds is 21. The Morgan fingerprint density at radius 3 is 1.60 bits per heavy atom. The molecule has 0 aliphatic heterocycles. The van der Waals surface area contributed by atoms with Crippen LogP contribution in [0.4, 0.5) is 0 Å². The minimum Gasteiger partial charge on any atom is -0.497 e. The van der Waals surface area contributed by atoms with E-state index in [2.05, 4.69) is 73.5 Å². The van der Waals surface area contributed by atoms with E-state index in [-0.39, 0.29) is 24.4 Å². The zero-order valence-electron chi connectivity index (χ0n) is 33.8. The first-order valence-corrected chi connectivity index (χ1v) is 26.5. The van der Waals surface area contributed by atoms with Crippen LogP contribution in [-0.2, 0) is 42.6 Å². The van der Waals surface area contributed by atoms with Crippen LogP contribution in [0.5, 0.6) is 11.5 Å². The summed E-state index contributed by atoms with van der Waals surface area (Å²) in [5.74, 6) is 1.57. The van der Waals surface area contributed by atoms with Crippen LogP contribution in [0.3, 0.4) is 0 Å². The Morgan fingerprint density at radius 1 is 0.604 bits per heavy atom. The van der Waals surface area contributed by atoms with Crippen LogP contribution in [0.1, 0.15) is 50.1 Å². The fraction of sp³-hybridized carbons (Fsp3) is 0.632. The Hall–Kier alpha value is -1.88. The third-order valence-corrected chi connectivity index (χ3v) is 12.5. The minimum absolute atomic E-state index is 0.286. The lowest BCUT2D eigenvalue weighted by molar-refractivity contribution is -0.0624. The van der Waals surface area contributed by atoms with Gasteiger partial charge in [0.25, 0.3) is 0 Å². The molecule has 0 radical (unpaired) electrons. The lowest BCUT2D eigenvalue weighted by atomic mass is 9.86. The predicted octanol–water partition coefficient (Wildman–Crippen LogP) is 9.93. The molecule has 0 N–H and O–H groups in total. The van der Waals surface area contributed by atoms with E-state index in [4.69, 9.17) is 63.2 Å². The van der Waals surface area contributed by atoms with Gasteiger partial charge in [-0.3, -0.25) is 0 Å². The number of ether oxygens (including phenoxy) is 6. The van der Waals surface area contributed by atoms with Crippen molar-refractivity contribution in [1.82, 2.24) is 20.4 Å². The molecule has 1 aromatic carbocycles. The molecule has 2 aromatic heterocycles. The number of aryl methyl sites for hydroxylation is 2. The van der Waals surface area contributed by atoms with Crippen molar-refractivity contribution in [2.45, 2.75) is 103 Å². The summed E-state index contributed by atoms with van der Waals surface area (Å²) >= 11 is 18.4. The van der Waals surface area contributed by atoms with Gasteiger partial charge < -0.3 is 28.4 Å². The fourth-order valence-electron chi connectivity index (χ4n) is 4.90. The second-order valence-electron chi connectivity index (χ2n) is 16.7. The van der Waals surface area contributed by atoms with E-state index in [0.717, 1.165) is 72.0 Å². The quantitative estimate of drug-likeness (QED) is 0.0585. The summed E-state index contributed by atoms with van der Waals surface area (Å²) in [6, 6.07) is 11.9. The number of benzene rings is 1. The highest BCUT2D eigenvalue weighted by Crippen LogP contribution is 2.31. The largest absolute Gasteiger partial charge is 0.497 e. The van der Waals surface area contributed by atoms with Crippen LogP contribution < -0.4 is 9.47 Å². The summed E-state index contributed by atoms with van der Waals surface area (Å²) in [4.78, 5) is 0. The van der Waals surface area contributed by atoms with E-state index in [0.29, 0.717) is 28.7 Å². The predicted molar refractivity (Wildman–Crippen MR) is 222 cm³/mol. The molecule has 0 aliphatic carbocycles. The lowest BCUT2D eigenvalue weighted by Gasteiger charge is -2.26. The highest BCUT2D eigenvalue weighted by Gasteiger charge is 2.27. The van der Waals surface area contributed by atoms with Crippen molar-refractivity contribution in [3.63, 3.8) is 0 Å². The van der Waals surface area contributed by atoms with Gasteiger partial charge >= 0.3 is 0 Å². The molecule has 298 valence electrons. The van der Waals surface area contributed by atoms with E-state index >= 15 is 0 Å². The average Bonchev–Trinajstić information content (AvgIpc) is 3.07. The smallest absolute Gasteiger partial charge is 0.155 e. The molecule has 3 rings (SSSR count). The Labute approximate surface area is 334 Å². The standard InChI is InChI=1S/C24H37ClN2O4Si.C14H24Cl2N2O2Si/c1-24(2,16-31-17-30-12-13-32(5,6)7)21-14-19(26-27-23(21)25)10-8-18-9-11-20(28-3)15-22(18)29-4;1-14(2,11-8-12(15)17-18-13(11)16)9-20-10-19-6-7-21(3,4)5/h9,11,14-15H,8,10,12-13,16-17H2,1-7H3;8H,6-7,9-10H2,1-5H3. The van der Waals surface area contributed by atoms with Gasteiger partial charge in [0.2, 0.25) is 0 Å². The molecule has 0 fully saturated rings. The molecule has 53 heavy (non-hydrogen) atoms. The summed E-state index contributed by atoms with van der Waals surface area (Å²) in [6.07, 6.45) is 1.49. The van der Waals surface area contributed by atoms with Gasteiger partial charge in [-0.15, -0.1) is 15.3 Å². The summed E-state index contributed by atoms with van der Waals surface area (Å²) in [7, 11) is 1.17. The lowest BCUT2D eigenvalue weighted by Crippen LogP contribution is -2.27. The van der Waals surface area contributed by atoms with Crippen molar-refractivity contribution < 1.29 is 28.4 Å². The van der Waals surface area contributed by atoms with Crippen molar-refractivity contribution in [3.05, 3.63) is 68.2 Å². The van der Waals surface area contributed by atoms with Gasteiger partial charge in [-0.05, 0) is 48.7 Å². The maximum atomic E-state index is 6.40. The van der Waals surface area contributed by atoms with Crippen LogP contribution in [-0.4, -0.2) is 90.8 Å². The zero-order chi connectivity index (χ0) is 39.9. The van der Waals surface area contributed by atoms with E-state index in [1.54, 1.807) is 20.3 Å². The van der Waals surface area contributed by atoms with Gasteiger partial charge in [0.15, 0.2) is 15.5 Å². The van der Waals surface area contributed by atoms with Crippen molar-refractivity contribution in [1.29, 1.82) is 0 Å². The van der Waals surface area contributed by atoms with Gasteiger partial charge in [0.1, 0.15) is 25.1 Å². The van der Waals surface area contributed by atoms with E-state index in [1.807, 2.05) is 38.1 Å². The number of nitrogens with zero attached hydrogens (tertiary/aromatic N) is 4. The van der Waals surface area contributed by atoms with Crippen LogP contribution in [0.25, 0.3) is 0 Å². The molecule has 0 saturated heterocycles. The topological polar surface area (TPSA) is 107 Å². The molecule has 0 spiro atoms. The number of hydrogen-bond donors (Lipinski definition) is 0. The minimum atomic E-state index is -1.09. The molecular formula is C38H61Cl3N4O6Si2. The van der Waals surface area contributed by atoms with Gasteiger partial charge in [-0.2, -0.15) is 5.10 Å². The number of methoxy groups -OCH3 is 2. The second-order valence-corrected chi connectivity index (χ2v) is 29.1. The first-order valence-electron chi connectivity index (χ1n) is 17.9. The Kier molecular flexibility index (Phi) is 19.6. The van der Waals surface area contributed by atoms with Gasteiger partial charge in [-0.1, -0.05) is 108 Å². The Balaban J connectivity index is 0.000000401. The maximum absolute atomic E-state index is 6.40. The highest BCUT2D eigenvalue weighted by molar-refractivity contribution is 6.76. The van der Waals surface area contributed by atoms with Gasteiger partial charge in [0.05, 0.1) is 33.1 Å². The monoisotopic (exact) mass is 830 g/mol. The van der Waals surface area contributed by atoms with Gasteiger partial charge in [0, 0.05) is 57.4 Å². The van der Waals surface area contributed by atoms with E-state index in [9.17, 15) is 0 Å². The van der Waals surface area contributed by atoms with E-state index < -0.39 is 16.1 Å². The molecular weight excluding hydrogens is 771 g/mol. The van der Waals surface area contributed by atoms with Crippen molar-refractivity contribution in [3.8, 4) is 11.5 Å². The number of aromatic nitrogens is 4. The molecule has 0 aliphatic rings. The van der Waals surface area contributed by atoms with Crippen molar-refractivity contribution >= 4 is 51.0 Å². The molecule has 2 heterocycles. The third-order valence-electron chi connectivity index (χ3n) is 8.37. The normalized spacial score (nSPS) is 12.4. The van der Waals surface area contributed by atoms with Gasteiger partial charge in [-0.25, -0.2) is 0 Å². The molecule has 0 amide bonds. The molecule has 0 atom stereocenters. The zero-order valence-corrected chi connectivity index (χ0v) is 38.1. The average molecular weight is 832 g/mol. The Morgan fingerprint density at radius 2 is 1.11 bits per heavy atom.